The molecular formula is C27H46O21. The molecule has 5 fully saturated rings. The highest BCUT2D eigenvalue weighted by molar-refractivity contribution is 4.96. The Morgan fingerprint density at radius 1 is 0.375 bits per heavy atom. The van der Waals surface area contributed by atoms with E-state index in [2.05, 4.69) is 0 Å². The van der Waals surface area contributed by atoms with E-state index >= 15 is 0 Å². The van der Waals surface area contributed by atoms with Crippen molar-refractivity contribution in [1.29, 1.82) is 0 Å². The van der Waals surface area contributed by atoms with Gasteiger partial charge in [-0.2, -0.15) is 0 Å². The molecule has 5 aliphatic heterocycles. The van der Waals surface area contributed by atoms with Crippen LogP contribution in [-0.4, -0.2) is 216 Å². The van der Waals surface area contributed by atoms with Crippen LogP contribution < -0.4 is 0 Å². The topological polar surface area (TPSA) is 326 Å². The fourth-order valence-electron chi connectivity index (χ4n) is 6.07. The average Bonchev–Trinajstić information content (AvgIpc) is 3.05. The first-order valence-corrected chi connectivity index (χ1v) is 15.5. The minimum Gasteiger partial charge on any atom is -0.388 e. The van der Waals surface area contributed by atoms with Gasteiger partial charge in [0.05, 0.1) is 32.0 Å². The summed E-state index contributed by atoms with van der Waals surface area (Å²) in [5.74, 6) is 0. The first-order chi connectivity index (χ1) is 22.6. The third kappa shape index (κ3) is 7.81. The van der Waals surface area contributed by atoms with E-state index in [1.165, 1.54) is 13.8 Å². The zero-order chi connectivity index (χ0) is 35.2. The molecule has 12 N–H and O–H groups in total. The van der Waals surface area contributed by atoms with Gasteiger partial charge in [0, 0.05) is 0 Å². The molecular weight excluding hydrogens is 660 g/mol. The minimum absolute atomic E-state index is 0.407. The summed E-state index contributed by atoms with van der Waals surface area (Å²) in [5, 5.41) is 125. The van der Waals surface area contributed by atoms with Gasteiger partial charge in [0.2, 0.25) is 0 Å². The molecule has 5 rings (SSSR count). The van der Waals surface area contributed by atoms with Gasteiger partial charge in [0.15, 0.2) is 31.5 Å². The Hall–Kier alpha value is -0.840. The van der Waals surface area contributed by atoms with Crippen molar-refractivity contribution in [3.8, 4) is 0 Å². The molecule has 0 aliphatic carbocycles. The lowest BCUT2D eigenvalue weighted by molar-refractivity contribution is -0.392. The van der Waals surface area contributed by atoms with E-state index in [4.69, 9.17) is 42.6 Å². The van der Waals surface area contributed by atoms with Crippen LogP contribution in [0.25, 0.3) is 0 Å². The number of aliphatic hydroxyl groups is 12. The van der Waals surface area contributed by atoms with Crippen LogP contribution in [0.2, 0.25) is 0 Å². The largest absolute Gasteiger partial charge is 0.388 e. The highest BCUT2D eigenvalue weighted by Gasteiger charge is 2.54. The predicted octanol–water partition coefficient (Wildman–Crippen LogP) is -7.95. The van der Waals surface area contributed by atoms with Crippen molar-refractivity contribution in [2.24, 2.45) is 0 Å². The second kappa shape index (κ2) is 15.8. The molecule has 21 nitrogen and oxygen atoms in total. The molecule has 5 aliphatic rings. The van der Waals surface area contributed by atoms with Crippen LogP contribution in [-0.2, 0) is 42.6 Å². The van der Waals surface area contributed by atoms with Crippen molar-refractivity contribution in [2.45, 2.75) is 149 Å². The Kier molecular flexibility index (Phi) is 12.6. The van der Waals surface area contributed by atoms with Gasteiger partial charge >= 0.3 is 0 Å². The molecule has 0 aromatic heterocycles. The highest BCUT2D eigenvalue weighted by atomic mass is 16.8. The van der Waals surface area contributed by atoms with Gasteiger partial charge in [-0.3, -0.25) is 0 Å². The third-order valence-electron chi connectivity index (χ3n) is 9.05. The van der Waals surface area contributed by atoms with Crippen molar-refractivity contribution in [1.82, 2.24) is 0 Å². The summed E-state index contributed by atoms with van der Waals surface area (Å²) in [5.41, 5.74) is 0. The number of rotatable bonds is 8. The van der Waals surface area contributed by atoms with Crippen LogP contribution in [0.3, 0.4) is 0 Å². The van der Waals surface area contributed by atoms with Crippen LogP contribution in [0, 0.1) is 0 Å². The Balaban J connectivity index is 1.34. The summed E-state index contributed by atoms with van der Waals surface area (Å²) < 4.78 is 50.0. The number of aliphatic hydroxyl groups excluding tert-OH is 12. The molecule has 0 radical (unpaired) electrons. The van der Waals surface area contributed by atoms with Crippen molar-refractivity contribution in [2.75, 3.05) is 19.8 Å². The lowest BCUT2D eigenvalue weighted by Crippen LogP contribution is -2.66. The van der Waals surface area contributed by atoms with Crippen molar-refractivity contribution >= 4 is 0 Å². The highest BCUT2D eigenvalue weighted by Crippen LogP contribution is 2.34. The predicted molar refractivity (Wildman–Crippen MR) is 146 cm³/mol. The Bertz CT molecular complexity index is 1030. The number of hydrogen-bond acceptors (Lipinski definition) is 21. The van der Waals surface area contributed by atoms with Crippen LogP contribution in [0.15, 0.2) is 0 Å². The molecule has 0 bridgehead atoms. The minimum atomic E-state index is -1.90. The second-order valence-electron chi connectivity index (χ2n) is 12.6. The fraction of sp³-hybridized carbons (Fsp3) is 1.00. The summed E-state index contributed by atoms with van der Waals surface area (Å²) in [6.45, 7) is 1.45. The van der Waals surface area contributed by atoms with Gasteiger partial charge in [0.25, 0.3) is 0 Å². The molecule has 0 amide bonds. The number of ether oxygens (including phenoxy) is 9. The van der Waals surface area contributed by atoms with E-state index in [1.807, 2.05) is 0 Å². The van der Waals surface area contributed by atoms with Gasteiger partial charge in [-0.1, -0.05) is 0 Å². The van der Waals surface area contributed by atoms with Crippen molar-refractivity contribution in [3.05, 3.63) is 0 Å². The van der Waals surface area contributed by atoms with Gasteiger partial charge in [-0.15, -0.1) is 0 Å². The standard InChI is InChI=1S/C27H46O21/c1-6-11(31)14(34)16(36)26(43-6)46-20-10(30)5-42-25(17(20)37)45-19-7(2)44-27(48-22-13(33)9(29)3-40-23(22)39)18(38)21(19)47-24-15(35)12(32)8(28)4-41-24/h6-39H,3-5H2,1-2H3/t6-,7-,8+,9-,10+,11-,12-,13-,14+,15+,16+,17+,18+,19-,20-,21-,22+,23+,24-,25-,26-,27-/m0/s1. The summed E-state index contributed by atoms with van der Waals surface area (Å²) in [6.07, 6.45) is -35.0. The SMILES string of the molecule is C[C@@H]1O[C@@H](O[C@@H]2[C@@H](O)[C@H](O[C@@H]3[C@@H](O[C@@H]4OC[C@@H](O)[C@H](O)[C@H]4O)[C@@H](O)[C@H](O[C@@H]4[C@@H](O)[C@@H](O)CO[C@H]4O)O[C@H]3C)OC[C@H]2O)[C@H](O)[C@H](O)[C@H]1O. The van der Waals surface area contributed by atoms with E-state index in [0.717, 1.165) is 0 Å². The molecule has 0 spiro atoms. The van der Waals surface area contributed by atoms with Gasteiger partial charge in [-0.25, -0.2) is 0 Å². The molecule has 21 heteroatoms. The molecule has 280 valence electrons. The second-order valence-corrected chi connectivity index (χ2v) is 12.6. The molecule has 5 saturated heterocycles. The molecule has 22 atom stereocenters. The zero-order valence-corrected chi connectivity index (χ0v) is 25.9. The van der Waals surface area contributed by atoms with Crippen LogP contribution in [0.5, 0.6) is 0 Å². The molecule has 0 aromatic rings. The average molecular weight is 707 g/mol. The van der Waals surface area contributed by atoms with Crippen molar-refractivity contribution < 1.29 is 104 Å². The summed E-state index contributed by atoms with van der Waals surface area (Å²) in [6, 6.07) is 0. The molecule has 5 heterocycles. The molecule has 0 unspecified atom stereocenters. The zero-order valence-electron chi connectivity index (χ0n) is 25.9. The number of hydrogen-bond donors (Lipinski definition) is 12. The molecule has 0 saturated carbocycles. The Labute approximate surface area is 273 Å². The normalized spacial score (nSPS) is 55.4. The van der Waals surface area contributed by atoms with Crippen LogP contribution >= 0.6 is 0 Å². The van der Waals surface area contributed by atoms with Crippen LogP contribution in [0.4, 0.5) is 0 Å². The third-order valence-corrected chi connectivity index (χ3v) is 9.05. The van der Waals surface area contributed by atoms with Crippen molar-refractivity contribution in [3.63, 3.8) is 0 Å². The maximum Gasteiger partial charge on any atom is 0.187 e. The summed E-state index contributed by atoms with van der Waals surface area (Å²) in [4.78, 5) is 0. The molecule has 0 aromatic carbocycles. The smallest absolute Gasteiger partial charge is 0.187 e. The Morgan fingerprint density at radius 2 is 0.833 bits per heavy atom. The van der Waals surface area contributed by atoms with Gasteiger partial charge in [-0.05, 0) is 13.8 Å². The summed E-state index contributed by atoms with van der Waals surface area (Å²) >= 11 is 0. The van der Waals surface area contributed by atoms with Gasteiger partial charge in [0.1, 0.15) is 91.6 Å². The first-order valence-electron chi connectivity index (χ1n) is 15.5. The maximum atomic E-state index is 11.4. The lowest BCUT2D eigenvalue weighted by Gasteiger charge is -2.49. The van der Waals surface area contributed by atoms with E-state index in [9.17, 15) is 61.3 Å². The van der Waals surface area contributed by atoms with Crippen LogP contribution in [0.1, 0.15) is 13.8 Å². The van der Waals surface area contributed by atoms with E-state index in [-0.39, 0.29) is 0 Å². The lowest BCUT2D eigenvalue weighted by atomic mass is 9.97. The quantitative estimate of drug-likeness (QED) is 0.111. The van der Waals surface area contributed by atoms with Gasteiger partial charge < -0.3 is 104 Å². The fourth-order valence-corrected chi connectivity index (χ4v) is 6.07. The monoisotopic (exact) mass is 706 g/mol. The first kappa shape index (κ1) is 38.4. The van der Waals surface area contributed by atoms with E-state index < -0.39 is 155 Å². The van der Waals surface area contributed by atoms with E-state index in [0.29, 0.717) is 0 Å². The maximum absolute atomic E-state index is 11.4. The van der Waals surface area contributed by atoms with E-state index in [1.54, 1.807) is 0 Å². The Morgan fingerprint density at radius 3 is 1.52 bits per heavy atom. The molecule has 48 heavy (non-hydrogen) atoms. The summed E-state index contributed by atoms with van der Waals surface area (Å²) in [7, 11) is 0.